The highest BCUT2D eigenvalue weighted by atomic mass is 127. The summed E-state index contributed by atoms with van der Waals surface area (Å²) in [6.07, 6.45) is 7.39. The summed E-state index contributed by atoms with van der Waals surface area (Å²) in [5.41, 5.74) is 0. The van der Waals surface area contributed by atoms with E-state index in [4.69, 9.17) is 0 Å². The van der Waals surface area contributed by atoms with Crippen molar-refractivity contribution in [1.82, 2.24) is 30.0 Å². The van der Waals surface area contributed by atoms with Crippen LogP contribution in [0.1, 0.15) is 6.92 Å². The lowest BCUT2D eigenvalue weighted by Crippen LogP contribution is -2.53. The first kappa shape index (κ1) is 20.4. The molecule has 1 aliphatic heterocycles. The molecule has 1 atom stereocenters. The summed E-state index contributed by atoms with van der Waals surface area (Å²) in [6, 6.07) is 3.80. The van der Waals surface area contributed by atoms with Gasteiger partial charge in [0.25, 0.3) is 0 Å². The van der Waals surface area contributed by atoms with Crippen LogP contribution in [-0.2, 0) is 6.54 Å². The molecule has 1 unspecified atom stereocenters. The number of aliphatic imine (C=N–C) groups is 1. The maximum Gasteiger partial charge on any atom is 0.225 e. The van der Waals surface area contributed by atoms with Crippen LogP contribution >= 0.6 is 24.0 Å². The van der Waals surface area contributed by atoms with E-state index in [0.29, 0.717) is 5.92 Å². The van der Waals surface area contributed by atoms with E-state index >= 15 is 0 Å². The fourth-order valence-electron chi connectivity index (χ4n) is 2.96. The van der Waals surface area contributed by atoms with Crippen LogP contribution in [0.4, 0.5) is 5.95 Å². The van der Waals surface area contributed by atoms with Gasteiger partial charge in [-0.3, -0.25) is 9.67 Å². The second-order valence-electron chi connectivity index (χ2n) is 6.28. The number of anilines is 1. The van der Waals surface area contributed by atoms with E-state index in [-0.39, 0.29) is 24.0 Å². The van der Waals surface area contributed by atoms with Gasteiger partial charge in [-0.1, -0.05) is 6.92 Å². The third kappa shape index (κ3) is 5.55. The Morgan fingerprint density at radius 1 is 1.15 bits per heavy atom. The number of hydrogen-bond donors (Lipinski definition) is 1. The highest BCUT2D eigenvalue weighted by Crippen LogP contribution is 2.10. The Balaban J connectivity index is 0.00000243. The molecule has 9 heteroatoms. The third-order valence-electron chi connectivity index (χ3n) is 4.29. The fraction of sp³-hybridized carbons (Fsp3) is 0.529. The quantitative estimate of drug-likeness (QED) is 0.404. The molecule has 0 aliphatic carbocycles. The van der Waals surface area contributed by atoms with Crippen LogP contribution in [-0.4, -0.2) is 70.4 Å². The van der Waals surface area contributed by atoms with Gasteiger partial charge in [-0.2, -0.15) is 5.10 Å². The number of guanidine groups is 1. The molecular formula is C17H27IN8. The van der Waals surface area contributed by atoms with E-state index in [2.05, 4.69) is 42.1 Å². The molecule has 8 nitrogen and oxygen atoms in total. The molecule has 0 spiro atoms. The van der Waals surface area contributed by atoms with Crippen molar-refractivity contribution in [2.24, 2.45) is 10.9 Å². The van der Waals surface area contributed by atoms with Crippen molar-refractivity contribution >= 4 is 35.9 Å². The normalized spacial score (nSPS) is 16.2. The van der Waals surface area contributed by atoms with E-state index in [9.17, 15) is 0 Å². The average Bonchev–Trinajstić information content (AvgIpc) is 3.16. The molecule has 2 aromatic heterocycles. The van der Waals surface area contributed by atoms with Crippen molar-refractivity contribution < 1.29 is 0 Å². The van der Waals surface area contributed by atoms with Crippen molar-refractivity contribution in [3.63, 3.8) is 0 Å². The first-order chi connectivity index (χ1) is 12.3. The maximum atomic E-state index is 4.44. The van der Waals surface area contributed by atoms with Crippen LogP contribution in [0.15, 0.2) is 41.9 Å². The van der Waals surface area contributed by atoms with Crippen LogP contribution in [0, 0.1) is 5.92 Å². The monoisotopic (exact) mass is 470 g/mol. The molecule has 0 radical (unpaired) electrons. The molecule has 1 fully saturated rings. The Morgan fingerprint density at radius 2 is 1.88 bits per heavy atom. The van der Waals surface area contributed by atoms with Crippen molar-refractivity contribution in [3.05, 3.63) is 36.9 Å². The van der Waals surface area contributed by atoms with E-state index in [1.165, 1.54) is 0 Å². The minimum absolute atomic E-state index is 0. The van der Waals surface area contributed by atoms with Gasteiger partial charge in [-0.15, -0.1) is 24.0 Å². The van der Waals surface area contributed by atoms with Crippen molar-refractivity contribution in [3.8, 4) is 0 Å². The average molecular weight is 470 g/mol. The molecule has 26 heavy (non-hydrogen) atoms. The topological polar surface area (TPSA) is 74.5 Å². The zero-order valence-corrected chi connectivity index (χ0v) is 17.7. The molecule has 1 saturated heterocycles. The molecule has 0 amide bonds. The summed E-state index contributed by atoms with van der Waals surface area (Å²) in [7, 11) is 1.84. The Morgan fingerprint density at radius 3 is 2.50 bits per heavy atom. The number of rotatable bonds is 5. The zero-order chi connectivity index (χ0) is 17.5. The van der Waals surface area contributed by atoms with Crippen LogP contribution in [0.5, 0.6) is 0 Å². The minimum atomic E-state index is 0. The summed E-state index contributed by atoms with van der Waals surface area (Å²) in [5.74, 6) is 2.23. The Hall–Kier alpha value is -1.91. The summed E-state index contributed by atoms with van der Waals surface area (Å²) >= 11 is 0. The lowest BCUT2D eigenvalue weighted by atomic mass is 10.2. The number of halogens is 1. The number of nitrogens with zero attached hydrogens (tertiary/aromatic N) is 7. The largest absolute Gasteiger partial charge is 0.356 e. The van der Waals surface area contributed by atoms with E-state index in [0.717, 1.165) is 51.2 Å². The molecular weight excluding hydrogens is 443 g/mol. The minimum Gasteiger partial charge on any atom is -0.356 e. The second-order valence-corrected chi connectivity index (χ2v) is 6.28. The van der Waals surface area contributed by atoms with Gasteiger partial charge in [0.2, 0.25) is 5.95 Å². The highest BCUT2D eigenvalue weighted by Gasteiger charge is 2.21. The van der Waals surface area contributed by atoms with Crippen molar-refractivity contribution in [2.45, 2.75) is 13.5 Å². The van der Waals surface area contributed by atoms with Crippen LogP contribution in [0.25, 0.3) is 0 Å². The predicted octanol–water partition coefficient (Wildman–Crippen LogP) is 1.32. The van der Waals surface area contributed by atoms with Gasteiger partial charge in [-0.05, 0) is 18.1 Å². The SMILES string of the molecule is CN=C(NCC(C)Cn1cccn1)N1CCN(c2ncccn2)CC1.I. The molecule has 0 aromatic carbocycles. The summed E-state index contributed by atoms with van der Waals surface area (Å²) in [5, 5.41) is 7.75. The summed E-state index contributed by atoms with van der Waals surface area (Å²) < 4.78 is 1.97. The maximum absolute atomic E-state index is 4.44. The number of aromatic nitrogens is 4. The second kappa shape index (κ2) is 10.3. The van der Waals surface area contributed by atoms with Crippen LogP contribution < -0.4 is 10.2 Å². The molecule has 0 bridgehead atoms. The molecule has 3 rings (SSSR count). The van der Waals surface area contributed by atoms with Crippen molar-refractivity contribution in [1.29, 1.82) is 0 Å². The lowest BCUT2D eigenvalue weighted by Gasteiger charge is -2.36. The molecule has 2 aromatic rings. The van der Waals surface area contributed by atoms with Gasteiger partial charge in [0.1, 0.15) is 0 Å². The summed E-state index contributed by atoms with van der Waals surface area (Å²) in [4.78, 5) is 17.6. The third-order valence-corrected chi connectivity index (χ3v) is 4.29. The fourth-order valence-corrected chi connectivity index (χ4v) is 2.96. The van der Waals surface area contributed by atoms with Gasteiger partial charge >= 0.3 is 0 Å². The summed E-state index contributed by atoms with van der Waals surface area (Å²) in [6.45, 7) is 7.59. The Labute approximate surface area is 171 Å². The number of piperazine rings is 1. The van der Waals surface area contributed by atoms with E-state index < -0.39 is 0 Å². The molecule has 142 valence electrons. The smallest absolute Gasteiger partial charge is 0.225 e. The Kier molecular flexibility index (Phi) is 8.07. The predicted molar refractivity (Wildman–Crippen MR) is 114 cm³/mol. The Bertz CT molecular complexity index is 653. The number of hydrogen-bond acceptors (Lipinski definition) is 5. The first-order valence-electron chi connectivity index (χ1n) is 8.71. The first-order valence-corrected chi connectivity index (χ1v) is 8.71. The van der Waals surface area contributed by atoms with Crippen LogP contribution in [0.3, 0.4) is 0 Å². The number of nitrogens with one attached hydrogen (secondary N) is 1. The molecule has 1 aliphatic rings. The van der Waals surface area contributed by atoms with Crippen LogP contribution in [0.2, 0.25) is 0 Å². The van der Waals surface area contributed by atoms with Gasteiger partial charge in [0.05, 0.1) is 0 Å². The highest BCUT2D eigenvalue weighted by molar-refractivity contribution is 14.0. The van der Waals surface area contributed by atoms with Crippen molar-refractivity contribution in [2.75, 3.05) is 44.7 Å². The molecule has 0 saturated carbocycles. The van der Waals surface area contributed by atoms with E-state index in [1.807, 2.05) is 36.3 Å². The molecule has 1 N–H and O–H groups in total. The molecule has 3 heterocycles. The van der Waals surface area contributed by atoms with E-state index in [1.54, 1.807) is 12.4 Å². The van der Waals surface area contributed by atoms with Gasteiger partial charge < -0.3 is 15.1 Å². The van der Waals surface area contributed by atoms with Gasteiger partial charge in [0.15, 0.2) is 5.96 Å². The zero-order valence-electron chi connectivity index (χ0n) is 15.3. The van der Waals surface area contributed by atoms with Gasteiger partial charge in [0, 0.05) is 71.1 Å². The van der Waals surface area contributed by atoms with Gasteiger partial charge in [-0.25, -0.2) is 9.97 Å². The lowest BCUT2D eigenvalue weighted by molar-refractivity contribution is 0.362. The standard InChI is InChI=1S/C17H26N8.HI/c1-15(14-25-8-4-7-22-25)13-21-16(18-2)23-9-11-24(12-10-23)17-19-5-3-6-20-17;/h3-8,15H,9-14H2,1-2H3,(H,18,21);1H.